The van der Waals surface area contributed by atoms with Crippen LogP contribution in [-0.2, 0) is 22.7 Å². The van der Waals surface area contributed by atoms with Gasteiger partial charge in [0.05, 0.1) is 7.11 Å². The Morgan fingerprint density at radius 2 is 2.00 bits per heavy atom. The normalized spacial score (nSPS) is 11.7. The van der Waals surface area contributed by atoms with E-state index in [1.807, 2.05) is 0 Å². The minimum absolute atomic E-state index is 0.0398. The second kappa shape index (κ2) is 7.57. The van der Waals surface area contributed by atoms with Crippen molar-refractivity contribution in [2.45, 2.75) is 19.3 Å². The van der Waals surface area contributed by atoms with Crippen molar-refractivity contribution in [2.75, 3.05) is 7.11 Å². The first-order chi connectivity index (χ1) is 11.4. The molecule has 128 valence electrons. The fourth-order valence-corrected chi connectivity index (χ4v) is 1.67. The molecule has 0 spiro atoms. The molecule has 1 aromatic carbocycles. The zero-order valence-corrected chi connectivity index (χ0v) is 12.5. The van der Waals surface area contributed by atoms with Gasteiger partial charge >= 0.3 is 12.1 Å². The van der Waals surface area contributed by atoms with Crippen molar-refractivity contribution in [1.82, 2.24) is 20.2 Å². The number of carbonyl (C=O) groups is 1. The Morgan fingerprint density at radius 3 is 2.62 bits per heavy atom. The first-order valence-corrected chi connectivity index (χ1v) is 6.68. The SMILES string of the molecule is COC(=O)/C=C/c1ccc(OCc2nnnn2CC(F)(F)F)cc1. The molecule has 0 aliphatic carbocycles. The lowest BCUT2D eigenvalue weighted by molar-refractivity contribution is -0.143. The summed E-state index contributed by atoms with van der Waals surface area (Å²) in [7, 11) is 1.27. The summed E-state index contributed by atoms with van der Waals surface area (Å²) in [6.45, 7) is -1.49. The molecular weight excluding hydrogens is 329 g/mol. The molecule has 7 nitrogen and oxygen atoms in total. The number of methoxy groups -OCH3 is 1. The number of nitrogens with zero attached hydrogens (tertiary/aromatic N) is 4. The highest BCUT2D eigenvalue weighted by molar-refractivity contribution is 5.86. The Balaban J connectivity index is 1.95. The number of aromatic nitrogens is 4. The number of esters is 1. The van der Waals surface area contributed by atoms with Gasteiger partial charge in [-0.1, -0.05) is 12.1 Å². The van der Waals surface area contributed by atoms with Gasteiger partial charge in [0, 0.05) is 6.08 Å². The maximum atomic E-state index is 12.4. The summed E-state index contributed by atoms with van der Waals surface area (Å²) in [6.07, 6.45) is -1.60. The fraction of sp³-hybridized carbons (Fsp3) is 0.286. The molecule has 0 saturated heterocycles. The zero-order valence-electron chi connectivity index (χ0n) is 12.5. The molecular formula is C14H13F3N4O3. The van der Waals surface area contributed by atoms with Crippen molar-refractivity contribution in [2.24, 2.45) is 0 Å². The third-order valence-electron chi connectivity index (χ3n) is 2.80. The van der Waals surface area contributed by atoms with Crippen LogP contribution in [0.1, 0.15) is 11.4 Å². The second-order valence-corrected chi connectivity index (χ2v) is 4.58. The van der Waals surface area contributed by atoms with Crippen molar-refractivity contribution >= 4 is 12.0 Å². The molecule has 2 rings (SSSR count). The number of halogens is 3. The van der Waals surface area contributed by atoms with Crippen LogP contribution in [-0.4, -0.2) is 39.5 Å². The fourth-order valence-electron chi connectivity index (χ4n) is 1.67. The van der Waals surface area contributed by atoms with Crippen LogP contribution < -0.4 is 4.74 Å². The van der Waals surface area contributed by atoms with Crippen molar-refractivity contribution in [3.8, 4) is 5.75 Å². The lowest BCUT2D eigenvalue weighted by Crippen LogP contribution is -2.21. The van der Waals surface area contributed by atoms with Gasteiger partial charge < -0.3 is 9.47 Å². The molecule has 0 fully saturated rings. The van der Waals surface area contributed by atoms with Crippen LogP contribution >= 0.6 is 0 Å². The van der Waals surface area contributed by atoms with Crippen LogP contribution in [0.15, 0.2) is 30.3 Å². The van der Waals surface area contributed by atoms with E-state index >= 15 is 0 Å². The van der Waals surface area contributed by atoms with Crippen molar-refractivity contribution in [1.29, 1.82) is 0 Å². The van der Waals surface area contributed by atoms with E-state index in [0.717, 1.165) is 5.56 Å². The molecule has 0 bridgehead atoms. The molecule has 0 N–H and O–H groups in total. The lowest BCUT2D eigenvalue weighted by atomic mass is 10.2. The third kappa shape index (κ3) is 5.38. The lowest BCUT2D eigenvalue weighted by Gasteiger charge is -2.09. The highest BCUT2D eigenvalue weighted by Gasteiger charge is 2.30. The average molecular weight is 342 g/mol. The van der Waals surface area contributed by atoms with E-state index in [4.69, 9.17) is 4.74 Å². The van der Waals surface area contributed by atoms with Gasteiger partial charge in [-0.25, -0.2) is 9.48 Å². The summed E-state index contributed by atoms with van der Waals surface area (Å²) in [5.74, 6) is -0.0967. The number of hydrogen-bond donors (Lipinski definition) is 0. The Hall–Kier alpha value is -2.91. The molecule has 0 saturated carbocycles. The molecule has 0 aliphatic heterocycles. The van der Waals surface area contributed by atoms with E-state index in [1.165, 1.54) is 13.2 Å². The Bertz CT molecular complexity index is 711. The van der Waals surface area contributed by atoms with Gasteiger partial charge in [0.15, 0.2) is 5.82 Å². The summed E-state index contributed by atoms with van der Waals surface area (Å²) in [6, 6.07) is 6.56. The predicted octanol–water partition coefficient (Wildman–Crippen LogP) is 2.00. The molecule has 0 amide bonds. The van der Waals surface area contributed by atoms with Gasteiger partial charge in [0.25, 0.3) is 0 Å². The van der Waals surface area contributed by atoms with E-state index in [9.17, 15) is 18.0 Å². The second-order valence-electron chi connectivity index (χ2n) is 4.58. The van der Waals surface area contributed by atoms with Gasteiger partial charge in [0.2, 0.25) is 0 Å². The summed E-state index contributed by atoms with van der Waals surface area (Å²) in [4.78, 5) is 11.0. The smallest absolute Gasteiger partial charge is 0.408 e. The first-order valence-electron chi connectivity index (χ1n) is 6.68. The maximum absolute atomic E-state index is 12.4. The number of alkyl halides is 3. The molecule has 10 heteroatoms. The topological polar surface area (TPSA) is 79.1 Å². The van der Waals surface area contributed by atoms with Crippen LogP contribution in [0.5, 0.6) is 5.75 Å². The largest absolute Gasteiger partial charge is 0.486 e. The molecule has 0 unspecified atom stereocenters. The van der Waals surface area contributed by atoms with Crippen LogP contribution in [0.4, 0.5) is 13.2 Å². The summed E-state index contributed by atoms with van der Waals surface area (Å²) in [5.41, 5.74) is 0.731. The Morgan fingerprint density at radius 1 is 1.29 bits per heavy atom. The van der Waals surface area contributed by atoms with E-state index in [1.54, 1.807) is 30.3 Å². The van der Waals surface area contributed by atoms with Crippen LogP contribution in [0.3, 0.4) is 0 Å². The number of rotatable bonds is 6. The maximum Gasteiger partial charge on any atom is 0.408 e. The van der Waals surface area contributed by atoms with Crippen LogP contribution in [0.25, 0.3) is 6.08 Å². The Kier molecular flexibility index (Phi) is 5.51. The molecule has 0 atom stereocenters. The van der Waals surface area contributed by atoms with Crippen molar-refractivity contribution in [3.05, 3.63) is 41.7 Å². The molecule has 0 radical (unpaired) electrons. The summed E-state index contributed by atoms with van der Waals surface area (Å²) >= 11 is 0. The van der Waals surface area contributed by atoms with Gasteiger partial charge in [-0.3, -0.25) is 0 Å². The van der Waals surface area contributed by atoms with Gasteiger partial charge in [0.1, 0.15) is 18.9 Å². The highest BCUT2D eigenvalue weighted by atomic mass is 19.4. The van der Waals surface area contributed by atoms with E-state index in [-0.39, 0.29) is 12.4 Å². The Labute approximate surface area is 134 Å². The monoisotopic (exact) mass is 342 g/mol. The quantitative estimate of drug-likeness (QED) is 0.590. The number of hydrogen-bond acceptors (Lipinski definition) is 6. The first kappa shape index (κ1) is 17.4. The van der Waals surface area contributed by atoms with Gasteiger partial charge in [-0.05, 0) is 34.2 Å². The van der Waals surface area contributed by atoms with Gasteiger partial charge in [-0.2, -0.15) is 13.2 Å². The standard InChI is InChI=1S/C14H13F3N4O3/c1-23-13(22)7-4-10-2-5-11(6-3-10)24-8-12-18-19-20-21(12)9-14(15,16)17/h2-7H,8-9H2,1H3/b7-4+. The highest BCUT2D eigenvalue weighted by Crippen LogP contribution is 2.18. The average Bonchev–Trinajstić information content (AvgIpc) is 2.96. The predicted molar refractivity (Wildman–Crippen MR) is 75.7 cm³/mol. The molecule has 1 heterocycles. The third-order valence-corrected chi connectivity index (χ3v) is 2.80. The zero-order chi connectivity index (χ0) is 17.6. The number of tetrazole rings is 1. The van der Waals surface area contributed by atoms with E-state index in [2.05, 4.69) is 20.3 Å². The van der Waals surface area contributed by atoms with Crippen molar-refractivity contribution in [3.63, 3.8) is 0 Å². The molecule has 24 heavy (non-hydrogen) atoms. The summed E-state index contributed by atoms with van der Waals surface area (Å²) < 4.78 is 47.6. The molecule has 1 aromatic heterocycles. The minimum atomic E-state index is -4.42. The van der Waals surface area contributed by atoms with E-state index in [0.29, 0.717) is 10.4 Å². The minimum Gasteiger partial charge on any atom is -0.486 e. The van der Waals surface area contributed by atoms with Crippen LogP contribution in [0, 0.1) is 0 Å². The number of benzene rings is 1. The van der Waals surface area contributed by atoms with Gasteiger partial charge in [-0.15, -0.1) is 5.10 Å². The molecule has 2 aromatic rings. The van der Waals surface area contributed by atoms with Crippen molar-refractivity contribution < 1.29 is 27.4 Å². The van der Waals surface area contributed by atoms with Crippen LogP contribution in [0.2, 0.25) is 0 Å². The summed E-state index contributed by atoms with van der Waals surface area (Å²) in [5, 5.41) is 10.00. The number of carbonyl (C=O) groups excluding carboxylic acids is 1. The van der Waals surface area contributed by atoms with E-state index < -0.39 is 18.7 Å². The molecule has 0 aliphatic rings. The number of ether oxygens (including phenoxy) is 2.